The zero-order chi connectivity index (χ0) is 27.7. The van der Waals surface area contributed by atoms with Crippen molar-refractivity contribution >= 4 is 29.0 Å². The van der Waals surface area contributed by atoms with Crippen molar-refractivity contribution in [1.82, 2.24) is 5.32 Å². The summed E-state index contributed by atoms with van der Waals surface area (Å²) in [5.74, 6) is -9.17. The molecule has 2 fully saturated rings. The Hall–Kier alpha value is -3.63. The summed E-state index contributed by atoms with van der Waals surface area (Å²) in [5, 5.41) is 25.3. The van der Waals surface area contributed by atoms with Gasteiger partial charge in [-0.3, -0.25) is 24.0 Å². The number of hydrogen-bond donors (Lipinski definition) is 4. The molecule has 0 aliphatic heterocycles. The Morgan fingerprint density at radius 3 is 2.47 bits per heavy atom. The van der Waals surface area contributed by atoms with Gasteiger partial charge >= 0.3 is 0 Å². The number of benzene rings is 1. The third kappa shape index (κ3) is 3.90. The molecule has 0 bridgehead atoms. The summed E-state index contributed by atoms with van der Waals surface area (Å²) in [6.07, 6.45) is -0.151. The molecule has 3 aliphatic rings. The van der Waals surface area contributed by atoms with E-state index in [1.165, 1.54) is 6.07 Å². The van der Waals surface area contributed by atoms with E-state index >= 15 is 0 Å². The average Bonchev–Trinajstić information content (AvgIpc) is 3.28. The fourth-order valence-electron chi connectivity index (χ4n) is 6.17. The van der Waals surface area contributed by atoms with Crippen molar-refractivity contribution in [2.45, 2.75) is 57.7 Å². The summed E-state index contributed by atoms with van der Waals surface area (Å²) >= 11 is 0. The van der Waals surface area contributed by atoms with Gasteiger partial charge in [-0.05, 0) is 69.4 Å². The Morgan fingerprint density at radius 1 is 1.11 bits per heavy atom. The Kier molecular flexibility index (Phi) is 5.96. The molecule has 1 aromatic carbocycles. The lowest BCUT2D eigenvalue weighted by molar-refractivity contribution is -0.175. The van der Waals surface area contributed by atoms with Gasteiger partial charge in [-0.25, -0.2) is 0 Å². The largest absolute Gasteiger partial charge is 0.507 e. The minimum Gasteiger partial charge on any atom is -0.507 e. The number of nitrogens with one attached hydrogen (secondary N) is 1. The second-order valence-corrected chi connectivity index (χ2v) is 11.6. The quantitative estimate of drug-likeness (QED) is 0.433. The number of amides is 1. The average molecular weight is 523 g/mol. The van der Waals surface area contributed by atoms with Gasteiger partial charge in [0.1, 0.15) is 17.3 Å². The molecule has 1 amide bonds. The van der Waals surface area contributed by atoms with Crippen molar-refractivity contribution in [1.29, 1.82) is 0 Å². The number of hydrogen-bond acceptors (Lipinski definition) is 9. The molecule has 0 radical (unpaired) electrons. The van der Waals surface area contributed by atoms with E-state index in [1.807, 2.05) is 26.8 Å². The van der Waals surface area contributed by atoms with Gasteiger partial charge in [0.15, 0.2) is 34.7 Å². The summed E-state index contributed by atoms with van der Waals surface area (Å²) < 4.78 is 6.03. The third-order valence-corrected chi connectivity index (χ3v) is 8.01. The van der Waals surface area contributed by atoms with E-state index in [-0.39, 0.29) is 36.1 Å². The SMILES string of the molecule is CC(C)(C)NCc1ccc(-c2ccc(O)c3c2C[C@H]2C[C@H]4CC(=O)C(C(N)=O)C(=O)[C@@]4(O)C(=O)C2C3=O)o1. The van der Waals surface area contributed by atoms with Crippen molar-refractivity contribution in [3.8, 4) is 17.1 Å². The number of rotatable bonds is 4. The van der Waals surface area contributed by atoms with Gasteiger partial charge in [0.25, 0.3) is 0 Å². The van der Waals surface area contributed by atoms with Crippen LogP contribution in [-0.4, -0.2) is 50.4 Å². The number of phenols is 1. The molecule has 5 rings (SSSR count). The number of nitrogens with two attached hydrogens (primary N) is 1. The van der Waals surface area contributed by atoms with Crippen LogP contribution < -0.4 is 11.1 Å². The fourth-order valence-corrected chi connectivity index (χ4v) is 6.17. The van der Waals surface area contributed by atoms with Crippen molar-refractivity contribution in [3.63, 3.8) is 0 Å². The van der Waals surface area contributed by atoms with Crippen LogP contribution in [0.1, 0.15) is 55.3 Å². The smallest absolute Gasteiger partial charge is 0.235 e. The minimum atomic E-state index is -2.66. The van der Waals surface area contributed by atoms with E-state index in [0.717, 1.165) is 0 Å². The molecule has 1 heterocycles. The topological polar surface area (TPSA) is 177 Å². The zero-order valence-corrected chi connectivity index (χ0v) is 21.4. The molecule has 10 nitrogen and oxygen atoms in total. The predicted octanol–water partition coefficient (Wildman–Crippen LogP) is 1.47. The second-order valence-electron chi connectivity index (χ2n) is 11.6. The van der Waals surface area contributed by atoms with Crippen molar-refractivity contribution < 1.29 is 38.6 Å². The molecule has 1 aromatic heterocycles. The maximum Gasteiger partial charge on any atom is 0.235 e. The first kappa shape index (κ1) is 26.0. The Bertz CT molecular complexity index is 1400. The fraction of sp³-hybridized carbons (Fsp3) is 0.464. The standard InChI is InChI=1S/C28H30N2O8/c1-27(2,3)30-11-14-4-7-19(38-14)15-5-6-17(31)21-16(15)9-12-8-13-10-18(32)22(26(29)36)25(35)28(13,37)24(34)20(12)23(21)33/h4-7,12-13,20,22,30-31,37H,8-11H2,1-3H3,(H2,29,36)/t12-,13+,20?,22?,28+/m1/s1. The van der Waals surface area contributed by atoms with E-state index in [0.29, 0.717) is 29.2 Å². The first-order valence-electron chi connectivity index (χ1n) is 12.6. The molecule has 2 saturated carbocycles. The van der Waals surface area contributed by atoms with Crippen LogP contribution in [0.2, 0.25) is 0 Å². The van der Waals surface area contributed by atoms with E-state index in [2.05, 4.69) is 5.32 Å². The number of furan rings is 1. The predicted molar refractivity (Wildman–Crippen MR) is 133 cm³/mol. The number of aliphatic hydroxyl groups is 1. The number of aromatic hydroxyl groups is 1. The first-order chi connectivity index (χ1) is 17.7. The maximum atomic E-state index is 13.7. The molecule has 5 N–H and O–H groups in total. The van der Waals surface area contributed by atoms with E-state index in [4.69, 9.17) is 10.2 Å². The lowest BCUT2D eigenvalue weighted by Crippen LogP contribution is -2.68. The van der Waals surface area contributed by atoms with Gasteiger partial charge in [-0.2, -0.15) is 0 Å². The van der Waals surface area contributed by atoms with E-state index in [9.17, 15) is 34.2 Å². The Balaban J connectivity index is 1.53. The zero-order valence-electron chi connectivity index (χ0n) is 21.4. The van der Waals surface area contributed by atoms with Crippen LogP contribution in [0.25, 0.3) is 11.3 Å². The molecule has 3 aliphatic carbocycles. The molecule has 5 atom stereocenters. The highest BCUT2D eigenvalue weighted by Crippen LogP contribution is 2.51. The summed E-state index contributed by atoms with van der Waals surface area (Å²) in [6.45, 7) is 6.58. The number of carbonyl (C=O) groups excluding carboxylic acids is 5. The highest BCUT2D eigenvalue weighted by Gasteiger charge is 2.66. The van der Waals surface area contributed by atoms with Crippen molar-refractivity contribution in [3.05, 3.63) is 41.2 Å². The first-order valence-corrected chi connectivity index (χ1v) is 12.6. The Labute approximate surface area is 218 Å². The van der Waals surface area contributed by atoms with Crippen LogP contribution in [0, 0.1) is 23.7 Å². The maximum absolute atomic E-state index is 13.7. The van der Waals surface area contributed by atoms with E-state index in [1.54, 1.807) is 12.1 Å². The van der Waals surface area contributed by atoms with Gasteiger partial charge < -0.3 is 25.7 Å². The monoisotopic (exact) mass is 522 g/mol. The number of ketones is 4. The van der Waals surface area contributed by atoms with Crippen molar-refractivity contribution in [2.24, 2.45) is 29.4 Å². The van der Waals surface area contributed by atoms with Crippen LogP contribution in [0.4, 0.5) is 0 Å². The van der Waals surface area contributed by atoms with Crippen LogP contribution in [0.5, 0.6) is 5.75 Å². The summed E-state index contributed by atoms with van der Waals surface area (Å²) in [5.41, 5.74) is 3.46. The second kappa shape index (κ2) is 8.71. The van der Waals surface area contributed by atoms with Crippen LogP contribution in [0.15, 0.2) is 28.7 Å². The van der Waals surface area contributed by atoms with E-state index < -0.39 is 58.3 Å². The highest BCUT2D eigenvalue weighted by molar-refractivity contribution is 6.31. The molecule has 2 aromatic rings. The van der Waals surface area contributed by atoms with Gasteiger partial charge in [-0.15, -0.1) is 0 Å². The minimum absolute atomic E-state index is 0.0368. The van der Waals surface area contributed by atoms with Gasteiger partial charge in [0, 0.05) is 23.4 Å². The summed E-state index contributed by atoms with van der Waals surface area (Å²) in [7, 11) is 0. The third-order valence-electron chi connectivity index (χ3n) is 8.01. The van der Waals surface area contributed by atoms with Crippen LogP contribution in [-0.2, 0) is 32.1 Å². The lowest BCUT2D eigenvalue weighted by atomic mass is 9.53. The summed E-state index contributed by atoms with van der Waals surface area (Å²) in [6, 6.07) is 6.59. The molecule has 0 saturated heterocycles. The molecular weight excluding hydrogens is 492 g/mol. The molecule has 10 heteroatoms. The van der Waals surface area contributed by atoms with Gasteiger partial charge in [-0.1, -0.05) is 0 Å². The number of carbonyl (C=O) groups is 5. The highest BCUT2D eigenvalue weighted by atomic mass is 16.3. The molecule has 38 heavy (non-hydrogen) atoms. The van der Waals surface area contributed by atoms with Crippen molar-refractivity contribution in [2.75, 3.05) is 0 Å². The number of Topliss-reactive ketones (excluding diaryl/α,β-unsaturated/α-hetero) is 4. The van der Waals surface area contributed by atoms with Crippen LogP contribution >= 0.6 is 0 Å². The lowest BCUT2D eigenvalue weighted by Gasteiger charge is -2.48. The molecule has 2 unspecified atom stereocenters. The summed E-state index contributed by atoms with van der Waals surface area (Å²) in [4.78, 5) is 64.6. The van der Waals surface area contributed by atoms with Crippen LogP contribution in [0.3, 0.4) is 0 Å². The molecule has 200 valence electrons. The Morgan fingerprint density at radius 2 is 1.82 bits per heavy atom. The number of primary amides is 1. The number of phenolic OH excluding ortho intramolecular Hbond substituents is 1. The molecular formula is C28H30N2O8. The van der Waals surface area contributed by atoms with Gasteiger partial charge in [0.05, 0.1) is 18.0 Å². The molecule has 0 spiro atoms. The normalized spacial score (nSPS) is 29.1. The number of fused-ring (bicyclic) bond motifs is 3. The van der Waals surface area contributed by atoms with Gasteiger partial charge in [0.2, 0.25) is 5.91 Å².